The SMILES string of the molecule is COC(=O)c1cc(C(=O)OC(C)(C)C)c(N)cc1C#Cc1ccccc1. The minimum Gasteiger partial charge on any atom is -0.465 e. The van der Waals surface area contributed by atoms with Crippen molar-refractivity contribution < 1.29 is 19.1 Å². The minimum absolute atomic E-state index is 0.102. The maximum atomic E-state index is 12.3. The van der Waals surface area contributed by atoms with E-state index in [4.69, 9.17) is 15.2 Å². The molecule has 5 heteroatoms. The van der Waals surface area contributed by atoms with E-state index < -0.39 is 17.5 Å². The van der Waals surface area contributed by atoms with E-state index in [0.717, 1.165) is 5.56 Å². The largest absolute Gasteiger partial charge is 0.465 e. The fraction of sp³-hybridized carbons (Fsp3) is 0.238. The molecule has 0 aliphatic carbocycles. The number of nitrogen functional groups attached to an aromatic ring is 1. The Morgan fingerprint density at radius 1 is 0.962 bits per heavy atom. The van der Waals surface area contributed by atoms with E-state index >= 15 is 0 Å². The Balaban J connectivity index is 2.50. The summed E-state index contributed by atoms with van der Waals surface area (Å²) in [5.41, 5.74) is 6.94. The third-order valence-electron chi connectivity index (χ3n) is 3.33. The van der Waals surface area contributed by atoms with Gasteiger partial charge < -0.3 is 15.2 Å². The Morgan fingerprint density at radius 2 is 1.62 bits per heavy atom. The van der Waals surface area contributed by atoms with Crippen molar-refractivity contribution >= 4 is 17.6 Å². The van der Waals surface area contributed by atoms with E-state index in [1.165, 1.54) is 19.2 Å². The number of anilines is 1. The fourth-order valence-corrected chi connectivity index (χ4v) is 2.17. The van der Waals surface area contributed by atoms with Gasteiger partial charge in [0.2, 0.25) is 0 Å². The second kappa shape index (κ2) is 7.75. The number of hydrogen-bond donors (Lipinski definition) is 1. The molecule has 2 rings (SSSR count). The molecule has 2 N–H and O–H groups in total. The number of esters is 2. The third-order valence-corrected chi connectivity index (χ3v) is 3.33. The monoisotopic (exact) mass is 351 g/mol. The van der Waals surface area contributed by atoms with Crippen molar-refractivity contribution in [3.05, 3.63) is 64.7 Å². The van der Waals surface area contributed by atoms with Crippen LogP contribution >= 0.6 is 0 Å². The molecule has 2 aromatic rings. The zero-order chi connectivity index (χ0) is 19.3. The molecule has 2 aromatic carbocycles. The molecule has 0 unspecified atom stereocenters. The molecule has 0 radical (unpaired) electrons. The van der Waals surface area contributed by atoms with Crippen LogP contribution in [0.2, 0.25) is 0 Å². The molecule has 0 heterocycles. The van der Waals surface area contributed by atoms with Gasteiger partial charge in [-0.05, 0) is 45.0 Å². The van der Waals surface area contributed by atoms with E-state index in [0.29, 0.717) is 5.56 Å². The molecule has 0 saturated heterocycles. The van der Waals surface area contributed by atoms with Gasteiger partial charge in [0.1, 0.15) is 5.60 Å². The lowest BCUT2D eigenvalue weighted by Gasteiger charge is -2.20. The number of hydrogen-bond acceptors (Lipinski definition) is 5. The molecule has 0 saturated carbocycles. The maximum absolute atomic E-state index is 12.3. The number of ether oxygens (including phenoxy) is 2. The number of methoxy groups -OCH3 is 1. The normalized spacial score (nSPS) is 10.5. The Bertz CT molecular complexity index is 884. The molecular weight excluding hydrogens is 330 g/mol. The van der Waals surface area contributed by atoms with Gasteiger partial charge in [-0.25, -0.2) is 9.59 Å². The molecule has 0 spiro atoms. The third kappa shape index (κ3) is 4.87. The maximum Gasteiger partial charge on any atom is 0.340 e. The van der Waals surface area contributed by atoms with Crippen molar-refractivity contribution in [3.63, 3.8) is 0 Å². The first-order valence-corrected chi connectivity index (χ1v) is 8.03. The summed E-state index contributed by atoms with van der Waals surface area (Å²) >= 11 is 0. The van der Waals surface area contributed by atoms with Crippen molar-refractivity contribution in [2.24, 2.45) is 0 Å². The summed E-state index contributed by atoms with van der Waals surface area (Å²) in [6, 6.07) is 12.2. The summed E-state index contributed by atoms with van der Waals surface area (Å²) in [7, 11) is 1.26. The van der Waals surface area contributed by atoms with Crippen LogP contribution in [0.5, 0.6) is 0 Å². The topological polar surface area (TPSA) is 78.6 Å². The number of nitrogens with two attached hydrogens (primary N) is 1. The van der Waals surface area contributed by atoms with Crippen molar-refractivity contribution in [1.82, 2.24) is 0 Å². The van der Waals surface area contributed by atoms with Gasteiger partial charge in [-0.15, -0.1) is 0 Å². The van der Waals surface area contributed by atoms with Crippen LogP contribution < -0.4 is 5.73 Å². The average Bonchev–Trinajstić information content (AvgIpc) is 2.58. The van der Waals surface area contributed by atoms with E-state index in [1.54, 1.807) is 20.8 Å². The van der Waals surface area contributed by atoms with Gasteiger partial charge in [-0.1, -0.05) is 30.0 Å². The van der Waals surface area contributed by atoms with Gasteiger partial charge in [0, 0.05) is 16.8 Å². The van der Waals surface area contributed by atoms with Crippen LogP contribution in [0, 0.1) is 11.8 Å². The highest BCUT2D eigenvalue weighted by Gasteiger charge is 2.23. The Morgan fingerprint density at radius 3 is 2.19 bits per heavy atom. The molecule has 134 valence electrons. The van der Waals surface area contributed by atoms with Crippen molar-refractivity contribution in [1.29, 1.82) is 0 Å². The van der Waals surface area contributed by atoms with Crippen LogP contribution in [0.25, 0.3) is 0 Å². The molecule has 5 nitrogen and oxygen atoms in total. The summed E-state index contributed by atoms with van der Waals surface area (Å²) < 4.78 is 10.1. The molecule has 0 aliphatic heterocycles. The van der Waals surface area contributed by atoms with E-state index in [2.05, 4.69) is 11.8 Å². The van der Waals surface area contributed by atoms with E-state index in [9.17, 15) is 9.59 Å². The second-order valence-corrected chi connectivity index (χ2v) is 6.59. The molecular formula is C21H21NO4. The zero-order valence-electron chi connectivity index (χ0n) is 15.3. The number of carbonyl (C=O) groups excluding carboxylic acids is 2. The van der Waals surface area contributed by atoms with Gasteiger partial charge in [-0.2, -0.15) is 0 Å². The molecule has 26 heavy (non-hydrogen) atoms. The standard InChI is InChI=1S/C21H21NO4/c1-21(2,3)26-20(24)17-13-16(19(23)25-4)15(12-18(17)22)11-10-14-8-6-5-7-9-14/h5-9,12-13H,22H2,1-4H3. The predicted octanol–water partition coefficient (Wildman–Crippen LogP) is 3.41. The van der Waals surface area contributed by atoms with Crippen LogP contribution in [0.4, 0.5) is 5.69 Å². The number of carbonyl (C=O) groups is 2. The van der Waals surface area contributed by atoms with Crippen molar-refractivity contribution in [2.45, 2.75) is 26.4 Å². The van der Waals surface area contributed by atoms with Gasteiger partial charge in [0.05, 0.1) is 18.2 Å². The highest BCUT2D eigenvalue weighted by Crippen LogP contribution is 2.22. The summed E-state index contributed by atoms with van der Waals surface area (Å²) in [6.07, 6.45) is 0. The summed E-state index contributed by atoms with van der Waals surface area (Å²) in [4.78, 5) is 24.5. The van der Waals surface area contributed by atoms with Crippen molar-refractivity contribution in [2.75, 3.05) is 12.8 Å². The lowest BCUT2D eigenvalue weighted by Crippen LogP contribution is -2.25. The summed E-state index contributed by atoms with van der Waals surface area (Å²) in [6.45, 7) is 5.26. The first kappa shape index (κ1) is 19.1. The Kier molecular flexibility index (Phi) is 5.68. The number of benzene rings is 2. The van der Waals surface area contributed by atoms with Gasteiger partial charge >= 0.3 is 11.9 Å². The van der Waals surface area contributed by atoms with Gasteiger partial charge in [-0.3, -0.25) is 0 Å². The lowest BCUT2D eigenvalue weighted by atomic mass is 10.0. The Labute approximate surface area is 153 Å². The highest BCUT2D eigenvalue weighted by molar-refractivity contribution is 6.01. The second-order valence-electron chi connectivity index (χ2n) is 6.59. The smallest absolute Gasteiger partial charge is 0.340 e. The van der Waals surface area contributed by atoms with Crippen LogP contribution in [-0.4, -0.2) is 24.6 Å². The highest BCUT2D eigenvalue weighted by atomic mass is 16.6. The molecule has 0 aliphatic rings. The van der Waals surface area contributed by atoms with Crippen LogP contribution in [0.15, 0.2) is 42.5 Å². The molecule has 0 atom stereocenters. The zero-order valence-corrected chi connectivity index (χ0v) is 15.3. The lowest BCUT2D eigenvalue weighted by molar-refractivity contribution is 0.00708. The summed E-state index contributed by atoms with van der Waals surface area (Å²) in [5, 5.41) is 0. The first-order valence-electron chi connectivity index (χ1n) is 8.03. The average molecular weight is 351 g/mol. The van der Waals surface area contributed by atoms with Crippen LogP contribution in [0.1, 0.15) is 52.6 Å². The Hall–Kier alpha value is -3.26. The van der Waals surface area contributed by atoms with Gasteiger partial charge in [0.25, 0.3) is 0 Å². The van der Waals surface area contributed by atoms with Crippen LogP contribution in [-0.2, 0) is 9.47 Å². The summed E-state index contributed by atoms with van der Waals surface area (Å²) in [5.74, 6) is 4.67. The van der Waals surface area contributed by atoms with Crippen molar-refractivity contribution in [3.8, 4) is 11.8 Å². The quantitative estimate of drug-likeness (QED) is 0.510. The van der Waals surface area contributed by atoms with Gasteiger partial charge in [0.15, 0.2) is 0 Å². The van der Waals surface area contributed by atoms with E-state index in [1.807, 2.05) is 30.3 Å². The molecule has 0 aromatic heterocycles. The van der Waals surface area contributed by atoms with E-state index in [-0.39, 0.29) is 16.8 Å². The fourth-order valence-electron chi connectivity index (χ4n) is 2.17. The first-order chi connectivity index (χ1) is 12.2. The minimum atomic E-state index is -0.680. The molecule has 0 bridgehead atoms. The number of rotatable bonds is 2. The molecule has 0 fully saturated rings. The van der Waals surface area contributed by atoms with Crippen LogP contribution in [0.3, 0.4) is 0 Å². The molecule has 0 amide bonds. The predicted molar refractivity (Wildman–Crippen MR) is 99.8 cm³/mol.